The van der Waals surface area contributed by atoms with E-state index in [0.717, 1.165) is 17.5 Å². The van der Waals surface area contributed by atoms with Crippen molar-refractivity contribution in [3.8, 4) is 0 Å². The van der Waals surface area contributed by atoms with Gasteiger partial charge in [0.2, 0.25) is 0 Å². The highest BCUT2D eigenvalue weighted by Gasteiger charge is 2.12. The summed E-state index contributed by atoms with van der Waals surface area (Å²) >= 11 is 11.9. The lowest BCUT2D eigenvalue weighted by Gasteiger charge is -2.14. The Morgan fingerprint density at radius 1 is 0.900 bits per heavy atom. The number of halogens is 2. The predicted molar refractivity (Wildman–Crippen MR) is 85.7 cm³/mol. The Bertz CT molecular complexity index is 578. The molecule has 1 N–H and O–H groups in total. The van der Waals surface area contributed by atoms with Gasteiger partial charge in [-0.1, -0.05) is 67.4 Å². The van der Waals surface area contributed by atoms with E-state index in [-0.39, 0.29) is 0 Å². The molecular weight excluding hydrogens is 291 g/mol. The summed E-state index contributed by atoms with van der Waals surface area (Å²) in [5, 5.41) is 11.3. The van der Waals surface area contributed by atoms with Crippen molar-refractivity contribution in [2.45, 2.75) is 32.3 Å². The molecule has 3 heteroatoms. The minimum atomic E-state index is -0.684. The van der Waals surface area contributed by atoms with Crippen LogP contribution in [0.15, 0.2) is 42.5 Å². The van der Waals surface area contributed by atoms with Crippen molar-refractivity contribution in [2.24, 2.45) is 0 Å². The maximum absolute atomic E-state index is 10.4. The minimum Gasteiger partial charge on any atom is -0.384 e. The van der Waals surface area contributed by atoms with Crippen LogP contribution in [-0.2, 0) is 0 Å². The third-order valence-electron chi connectivity index (χ3n) is 3.69. The third kappa shape index (κ3) is 3.35. The summed E-state index contributed by atoms with van der Waals surface area (Å²) in [6.07, 6.45) is 0.421. The van der Waals surface area contributed by atoms with Crippen LogP contribution >= 0.6 is 23.2 Å². The summed E-state index contributed by atoms with van der Waals surface area (Å²) in [4.78, 5) is 0. The molecule has 2 unspecified atom stereocenters. The molecule has 0 bridgehead atoms. The van der Waals surface area contributed by atoms with Gasteiger partial charge in [0.1, 0.15) is 6.10 Å². The Morgan fingerprint density at radius 3 is 2.00 bits per heavy atom. The van der Waals surface area contributed by atoms with Crippen molar-refractivity contribution >= 4 is 23.2 Å². The van der Waals surface area contributed by atoms with Crippen molar-refractivity contribution in [1.82, 2.24) is 0 Å². The molecule has 0 saturated carbocycles. The second kappa shape index (κ2) is 6.62. The van der Waals surface area contributed by atoms with Crippen LogP contribution in [0.2, 0.25) is 10.0 Å². The van der Waals surface area contributed by atoms with Gasteiger partial charge in [0.15, 0.2) is 0 Å². The highest BCUT2D eigenvalue weighted by atomic mass is 35.5. The molecule has 0 aliphatic heterocycles. The molecule has 0 heterocycles. The van der Waals surface area contributed by atoms with Crippen LogP contribution in [0, 0.1) is 0 Å². The van der Waals surface area contributed by atoms with Gasteiger partial charge in [0, 0.05) is 0 Å². The molecule has 2 aromatic carbocycles. The van der Waals surface area contributed by atoms with Crippen molar-refractivity contribution < 1.29 is 5.11 Å². The van der Waals surface area contributed by atoms with Crippen LogP contribution in [0.1, 0.15) is 49.0 Å². The summed E-state index contributed by atoms with van der Waals surface area (Å²) < 4.78 is 0. The van der Waals surface area contributed by atoms with Gasteiger partial charge in [0.05, 0.1) is 10.0 Å². The van der Waals surface area contributed by atoms with Crippen LogP contribution in [0.5, 0.6) is 0 Å². The molecule has 106 valence electrons. The lowest BCUT2D eigenvalue weighted by molar-refractivity contribution is 0.220. The first-order valence-electron chi connectivity index (χ1n) is 6.75. The molecule has 20 heavy (non-hydrogen) atoms. The van der Waals surface area contributed by atoms with Crippen LogP contribution < -0.4 is 0 Å². The Morgan fingerprint density at radius 2 is 1.45 bits per heavy atom. The Kier molecular flexibility index (Phi) is 5.09. The predicted octanol–water partition coefficient (Wildman–Crippen LogP) is 5.59. The Labute approximate surface area is 130 Å². The van der Waals surface area contributed by atoms with Crippen molar-refractivity contribution in [2.75, 3.05) is 0 Å². The van der Waals surface area contributed by atoms with Crippen LogP contribution in [0.3, 0.4) is 0 Å². The van der Waals surface area contributed by atoms with Gasteiger partial charge >= 0.3 is 0 Å². The van der Waals surface area contributed by atoms with E-state index < -0.39 is 6.10 Å². The highest BCUT2D eigenvalue weighted by Crippen LogP contribution is 2.29. The van der Waals surface area contributed by atoms with Crippen molar-refractivity contribution in [3.63, 3.8) is 0 Å². The normalized spacial score (nSPS) is 14.1. The second-order valence-corrected chi connectivity index (χ2v) is 5.87. The molecule has 0 spiro atoms. The maximum atomic E-state index is 10.4. The fourth-order valence-electron chi connectivity index (χ4n) is 2.12. The fraction of sp³-hybridized carbons (Fsp3) is 0.294. The van der Waals surface area contributed by atoms with E-state index in [1.165, 1.54) is 5.56 Å². The summed E-state index contributed by atoms with van der Waals surface area (Å²) in [6.45, 7) is 4.37. The highest BCUT2D eigenvalue weighted by molar-refractivity contribution is 6.42. The lowest BCUT2D eigenvalue weighted by atomic mass is 9.95. The second-order valence-electron chi connectivity index (χ2n) is 5.05. The molecule has 0 radical (unpaired) electrons. The topological polar surface area (TPSA) is 20.2 Å². The number of benzene rings is 2. The van der Waals surface area contributed by atoms with E-state index in [1.807, 2.05) is 12.1 Å². The zero-order valence-corrected chi connectivity index (χ0v) is 13.1. The molecule has 2 atom stereocenters. The fourth-order valence-corrected chi connectivity index (χ4v) is 2.42. The standard InChI is InChI=1S/C17H18Cl2O/c1-3-11(2)12-4-6-13(7-5-12)17(20)14-8-9-15(18)16(19)10-14/h4-11,17,20H,3H2,1-2H3. The van der Waals surface area contributed by atoms with E-state index in [2.05, 4.69) is 26.0 Å². The van der Waals surface area contributed by atoms with Gasteiger partial charge in [-0.25, -0.2) is 0 Å². The minimum absolute atomic E-state index is 0.458. The van der Waals surface area contributed by atoms with Gasteiger partial charge in [0.25, 0.3) is 0 Å². The van der Waals surface area contributed by atoms with E-state index in [1.54, 1.807) is 18.2 Å². The molecule has 0 saturated heterocycles. The number of hydrogen-bond acceptors (Lipinski definition) is 1. The molecule has 0 fully saturated rings. The monoisotopic (exact) mass is 308 g/mol. The zero-order valence-electron chi connectivity index (χ0n) is 11.6. The lowest BCUT2D eigenvalue weighted by Crippen LogP contribution is -2.00. The Hall–Kier alpha value is -1.02. The average Bonchev–Trinajstić information content (AvgIpc) is 2.48. The van der Waals surface area contributed by atoms with Gasteiger partial charge < -0.3 is 5.11 Å². The number of rotatable bonds is 4. The van der Waals surface area contributed by atoms with Crippen LogP contribution in [0.25, 0.3) is 0 Å². The van der Waals surface area contributed by atoms with Crippen molar-refractivity contribution in [3.05, 3.63) is 69.2 Å². The van der Waals surface area contributed by atoms with E-state index in [0.29, 0.717) is 16.0 Å². The average molecular weight is 309 g/mol. The van der Waals surface area contributed by atoms with Gasteiger partial charge in [-0.15, -0.1) is 0 Å². The van der Waals surface area contributed by atoms with E-state index >= 15 is 0 Å². The molecule has 0 aliphatic rings. The van der Waals surface area contributed by atoms with Crippen LogP contribution in [-0.4, -0.2) is 5.11 Å². The molecule has 0 amide bonds. The smallest absolute Gasteiger partial charge is 0.104 e. The first-order chi connectivity index (χ1) is 9.52. The van der Waals surface area contributed by atoms with Crippen molar-refractivity contribution in [1.29, 1.82) is 0 Å². The first kappa shape index (κ1) is 15.4. The molecular formula is C17H18Cl2O. The molecule has 2 rings (SSSR count). The van der Waals surface area contributed by atoms with E-state index in [4.69, 9.17) is 23.2 Å². The van der Waals surface area contributed by atoms with Gasteiger partial charge in [-0.2, -0.15) is 0 Å². The van der Waals surface area contributed by atoms with Gasteiger partial charge in [-0.05, 0) is 41.2 Å². The molecule has 2 aromatic rings. The maximum Gasteiger partial charge on any atom is 0.104 e. The summed E-state index contributed by atoms with van der Waals surface area (Å²) in [5.74, 6) is 0.533. The number of aliphatic hydroxyl groups excluding tert-OH is 1. The number of hydrogen-bond donors (Lipinski definition) is 1. The summed E-state index contributed by atoms with van der Waals surface area (Å²) in [7, 11) is 0. The Balaban J connectivity index is 2.24. The first-order valence-corrected chi connectivity index (χ1v) is 7.51. The molecule has 0 aliphatic carbocycles. The quantitative estimate of drug-likeness (QED) is 0.780. The number of aliphatic hydroxyl groups is 1. The van der Waals surface area contributed by atoms with E-state index in [9.17, 15) is 5.11 Å². The van der Waals surface area contributed by atoms with Gasteiger partial charge in [-0.3, -0.25) is 0 Å². The largest absolute Gasteiger partial charge is 0.384 e. The van der Waals surface area contributed by atoms with Crippen LogP contribution in [0.4, 0.5) is 0 Å². The molecule has 1 nitrogen and oxygen atoms in total. The SMILES string of the molecule is CCC(C)c1ccc(C(O)c2ccc(Cl)c(Cl)c2)cc1. The third-order valence-corrected chi connectivity index (χ3v) is 4.43. The summed E-state index contributed by atoms with van der Waals surface area (Å²) in [5.41, 5.74) is 2.89. The molecule has 0 aromatic heterocycles. The zero-order chi connectivity index (χ0) is 14.7. The summed E-state index contributed by atoms with van der Waals surface area (Å²) in [6, 6.07) is 13.3.